The number of rotatable bonds is 9. The quantitative estimate of drug-likeness (QED) is 0.392. The molecule has 4 rings (SSSR count). The van der Waals surface area contributed by atoms with Gasteiger partial charge in [-0.1, -0.05) is 81.8 Å². The van der Waals surface area contributed by atoms with E-state index in [2.05, 4.69) is 74.6 Å². The second-order valence-corrected chi connectivity index (χ2v) is 10.4. The van der Waals surface area contributed by atoms with Crippen molar-refractivity contribution < 1.29 is 4.39 Å². The number of allylic oxidation sites excluding steroid dienone is 2. The molecule has 0 bridgehead atoms. The van der Waals surface area contributed by atoms with E-state index in [1.54, 1.807) is 6.07 Å². The summed E-state index contributed by atoms with van der Waals surface area (Å²) in [5.41, 5.74) is 3.69. The Morgan fingerprint density at radius 3 is 2.50 bits per heavy atom. The predicted molar refractivity (Wildman–Crippen MR) is 133 cm³/mol. The van der Waals surface area contributed by atoms with E-state index in [-0.39, 0.29) is 17.3 Å². The second kappa shape index (κ2) is 10.3. The minimum Gasteiger partial charge on any atom is -0.310 e. The first-order chi connectivity index (χ1) is 15.5. The van der Waals surface area contributed by atoms with E-state index in [9.17, 15) is 0 Å². The third kappa shape index (κ3) is 4.86. The maximum atomic E-state index is 15.0. The summed E-state index contributed by atoms with van der Waals surface area (Å²) >= 11 is 0. The van der Waals surface area contributed by atoms with Crippen LogP contribution in [0.5, 0.6) is 0 Å². The van der Waals surface area contributed by atoms with Crippen LogP contribution in [-0.2, 0) is 0 Å². The fourth-order valence-electron chi connectivity index (χ4n) is 5.85. The topological polar surface area (TPSA) is 12.0 Å². The smallest absolute Gasteiger partial charge is 0.128 e. The predicted octanol–water partition coefficient (Wildman–Crippen LogP) is 8.30. The minimum absolute atomic E-state index is 0.0358. The Bertz CT molecular complexity index is 900. The molecule has 32 heavy (non-hydrogen) atoms. The van der Waals surface area contributed by atoms with Crippen LogP contribution in [0.2, 0.25) is 0 Å². The lowest BCUT2D eigenvalue weighted by atomic mass is 9.60. The van der Waals surface area contributed by atoms with E-state index in [1.165, 1.54) is 30.4 Å². The highest BCUT2D eigenvalue weighted by molar-refractivity contribution is 5.30. The lowest BCUT2D eigenvalue weighted by Crippen LogP contribution is -2.36. The van der Waals surface area contributed by atoms with Crippen LogP contribution in [0.25, 0.3) is 0 Å². The Morgan fingerprint density at radius 2 is 1.88 bits per heavy atom. The van der Waals surface area contributed by atoms with E-state index in [4.69, 9.17) is 0 Å². The molecule has 0 heterocycles. The number of nitrogens with one attached hydrogen (secondary N) is 1. The standard InChI is InChI=1S/C30H40FN/c1-4-29(26-17-16-25(21-28(26)31)23-14-10-15-23)32-20-18-27(24-12-6-5-7-13-24)30(3)19-9-8-11-22(30)2/h5-9,12-13,16-17,21-23,27,29,32H,4,10-11,14-15,18-20H2,1-3H3. The molecular weight excluding hydrogens is 393 g/mol. The van der Waals surface area contributed by atoms with E-state index in [1.807, 2.05) is 6.07 Å². The summed E-state index contributed by atoms with van der Waals surface area (Å²) in [6, 6.07) is 17.1. The van der Waals surface area contributed by atoms with Crippen molar-refractivity contribution in [2.24, 2.45) is 11.3 Å². The summed E-state index contributed by atoms with van der Waals surface area (Å²) in [7, 11) is 0. The van der Waals surface area contributed by atoms with Crippen LogP contribution < -0.4 is 5.32 Å². The van der Waals surface area contributed by atoms with Crippen molar-refractivity contribution in [2.45, 2.75) is 83.6 Å². The average Bonchev–Trinajstić information content (AvgIpc) is 2.76. The summed E-state index contributed by atoms with van der Waals surface area (Å²) in [6.45, 7) is 7.92. The van der Waals surface area contributed by atoms with Crippen molar-refractivity contribution in [3.8, 4) is 0 Å². The largest absolute Gasteiger partial charge is 0.310 e. The molecule has 4 unspecified atom stereocenters. The van der Waals surface area contributed by atoms with Gasteiger partial charge in [0.15, 0.2) is 0 Å². The van der Waals surface area contributed by atoms with Crippen LogP contribution in [0.1, 0.15) is 100 Å². The Morgan fingerprint density at radius 1 is 1.09 bits per heavy atom. The molecule has 1 nitrogen and oxygen atoms in total. The van der Waals surface area contributed by atoms with Gasteiger partial charge in [-0.25, -0.2) is 4.39 Å². The summed E-state index contributed by atoms with van der Waals surface area (Å²) in [4.78, 5) is 0. The van der Waals surface area contributed by atoms with Gasteiger partial charge in [0.2, 0.25) is 0 Å². The van der Waals surface area contributed by atoms with Crippen LogP contribution in [0.4, 0.5) is 4.39 Å². The Kier molecular flexibility index (Phi) is 7.51. The number of hydrogen-bond acceptors (Lipinski definition) is 1. The molecule has 1 fully saturated rings. The van der Waals surface area contributed by atoms with Crippen LogP contribution >= 0.6 is 0 Å². The molecule has 2 aromatic rings. The maximum absolute atomic E-state index is 15.0. The summed E-state index contributed by atoms with van der Waals surface area (Å²) < 4.78 is 15.0. The normalized spacial score (nSPS) is 25.3. The molecule has 2 aliphatic rings. The van der Waals surface area contributed by atoms with Gasteiger partial charge in [-0.05, 0) is 85.4 Å². The highest BCUT2D eigenvalue weighted by atomic mass is 19.1. The Labute approximate surface area is 194 Å². The third-order valence-electron chi connectivity index (χ3n) is 8.55. The molecule has 0 spiro atoms. The molecule has 0 radical (unpaired) electrons. The molecule has 2 aromatic carbocycles. The zero-order valence-electron chi connectivity index (χ0n) is 20.1. The molecule has 2 heteroatoms. The van der Waals surface area contributed by atoms with Gasteiger partial charge in [0.05, 0.1) is 0 Å². The van der Waals surface area contributed by atoms with E-state index < -0.39 is 0 Å². The third-order valence-corrected chi connectivity index (χ3v) is 8.55. The van der Waals surface area contributed by atoms with Gasteiger partial charge in [0.25, 0.3) is 0 Å². The van der Waals surface area contributed by atoms with Crippen molar-refractivity contribution in [3.63, 3.8) is 0 Å². The van der Waals surface area contributed by atoms with Gasteiger partial charge in [0, 0.05) is 11.6 Å². The van der Waals surface area contributed by atoms with Gasteiger partial charge in [-0.15, -0.1) is 0 Å². The first-order valence-corrected chi connectivity index (χ1v) is 12.8. The molecule has 0 aliphatic heterocycles. The zero-order chi connectivity index (χ0) is 22.6. The monoisotopic (exact) mass is 433 g/mol. The van der Waals surface area contributed by atoms with Crippen LogP contribution in [0, 0.1) is 17.2 Å². The van der Waals surface area contributed by atoms with Gasteiger partial charge < -0.3 is 5.32 Å². The Balaban J connectivity index is 1.46. The summed E-state index contributed by atoms with van der Waals surface area (Å²) in [6.07, 6.45) is 12.7. The molecule has 0 aromatic heterocycles. The molecule has 0 amide bonds. The molecule has 2 aliphatic carbocycles. The number of hydrogen-bond donors (Lipinski definition) is 1. The van der Waals surface area contributed by atoms with Gasteiger partial charge >= 0.3 is 0 Å². The van der Waals surface area contributed by atoms with Crippen molar-refractivity contribution in [1.29, 1.82) is 0 Å². The fourth-order valence-corrected chi connectivity index (χ4v) is 5.85. The van der Waals surface area contributed by atoms with E-state index in [0.29, 0.717) is 17.8 Å². The van der Waals surface area contributed by atoms with Crippen LogP contribution in [-0.4, -0.2) is 6.54 Å². The molecule has 1 saturated carbocycles. The highest BCUT2D eigenvalue weighted by Crippen LogP contribution is 2.50. The van der Waals surface area contributed by atoms with E-state index in [0.717, 1.165) is 37.8 Å². The van der Waals surface area contributed by atoms with Crippen molar-refractivity contribution in [2.75, 3.05) is 6.54 Å². The van der Waals surface area contributed by atoms with Crippen molar-refractivity contribution >= 4 is 0 Å². The Hall–Kier alpha value is -1.93. The average molecular weight is 434 g/mol. The molecule has 172 valence electrons. The lowest BCUT2D eigenvalue weighted by molar-refractivity contribution is 0.139. The summed E-state index contributed by atoms with van der Waals surface area (Å²) in [5, 5.41) is 3.72. The van der Waals surface area contributed by atoms with Crippen molar-refractivity contribution in [3.05, 3.63) is 83.2 Å². The zero-order valence-corrected chi connectivity index (χ0v) is 20.1. The molecular formula is C30H40FN. The number of benzene rings is 2. The number of halogens is 1. The van der Waals surface area contributed by atoms with Crippen LogP contribution in [0.3, 0.4) is 0 Å². The first-order valence-electron chi connectivity index (χ1n) is 12.8. The van der Waals surface area contributed by atoms with Gasteiger partial charge in [-0.2, -0.15) is 0 Å². The highest BCUT2D eigenvalue weighted by Gasteiger charge is 2.39. The second-order valence-electron chi connectivity index (χ2n) is 10.4. The van der Waals surface area contributed by atoms with Gasteiger partial charge in [0.1, 0.15) is 5.82 Å². The molecule has 4 atom stereocenters. The van der Waals surface area contributed by atoms with E-state index >= 15 is 4.39 Å². The first kappa shape index (κ1) is 23.2. The molecule has 0 saturated heterocycles. The SMILES string of the molecule is CCC(NCCC(c1ccccc1)C1(C)CC=CCC1C)c1ccc(C2CCC2)cc1F. The minimum atomic E-state index is -0.0358. The fraction of sp³-hybridized carbons (Fsp3) is 0.533. The molecule has 1 N–H and O–H groups in total. The van der Waals surface area contributed by atoms with Crippen molar-refractivity contribution in [1.82, 2.24) is 5.32 Å². The van der Waals surface area contributed by atoms with Crippen LogP contribution in [0.15, 0.2) is 60.7 Å². The lowest BCUT2D eigenvalue weighted by Gasteiger charge is -2.44. The maximum Gasteiger partial charge on any atom is 0.128 e. The summed E-state index contributed by atoms with van der Waals surface area (Å²) in [5.74, 6) is 1.67. The van der Waals surface area contributed by atoms with Gasteiger partial charge in [-0.3, -0.25) is 0 Å².